The highest BCUT2D eigenvalue weighted by atomic mass is 32.1. The van der Waals surface area contributed by atoms with Crippen molar-refractivity contribution >= 4 is 33.1 Å². The summed E-state index contributed by atoms with van der Waals surface area (Å²) in [6, 6.07) is 11.2. The van der Waals surface area contributed by atoms with Gasteiger partial charge in [0.25, 0.3) is 5.91 Å². The van der Waals surface area contributed by atoms with Gasteiger partial charge in [-0.2, -0.15) is 4.39 Å². The fourth-order valence-electron chi connectivity index (χ4n) is 7.91. The zero-order valence-electron chi connectivity index (χ0n) is 27.7. The summed E-state index contributed by atoms with van der Waals surface area (Å²) >= 11 is 1.48. The molecular weight excluding hydrogens is 678 g/mol. The van der Waals surface area contributed by atoms with Gasteiger partial charge in [-0.15, -0.1) is 21.5 Å². The first-order chi connectivity index (χ1) is 24.8. The quantitative estimate of drug-likeness (QED) is 0.168. The predicted octanol–water partition coefficient (Wildman–Crippen LogP) is 8.32. The van der Waals surface area contributed by atoms with E-state index in [9.17, 15) is 18.0 Å². The van der Waals surface area contributed by atoms with Gasteiger partial charge in [0, 0.05) is 35.7 Å². The van der Waals surface area contributed by atoms with Gasteiger partial charge in [-0.25, -0.2) is 13.8 Å². The molecule has 2 atom stereocenters. The second-order valence-corrected chi connectivity index (χ2v) is 14.2. The number of hydrogen-bond acceptors (Lipinski definition) is 9. The maximum absolute atomic E-state index is 14.6. The molecule has 13 heteroatoms. The Kier molecular flexibility index (Phi) is 7.57. The first-order valence-corrected chi connectivity index (χ1v) is 17.7. The summed E-state index contributed by atoms with van der Waals surface area (Å²) in [5, 5.41) is 13.0. The smallest absolute Gasteiger partial charge is 0.257 e. The van der Waals surface area contributed by atoms with Crippen molar-refractivity contribution in [1.29, 1.82) is 0 Å². The van der Waals surface area contributed by atoms with Gasteiger partial charge in [0.1, 0.15) is 11.6 Å². The number of amides is 1. The maximum atomic E-state index is 14.6. The summed E-state index contributed by atoms with van der Waals surface area (Å²) < 4.78 is 55.0. The third-order valence-corrected chi connectivity index (χ3v) is 11.4. The van der Waals surface area contributed by atoms with E-state index in [2.05, 4.69) is 20.5 Å². The lowest BCUT2D eigenvalue weighted by Crippen LogP contribution is -2.22. The minimum absolute atomic E-state index is 0.0605. The Morgan fingerprint density at radius 2 is 1.88 bits per heavy atom. The Balaban J connectivity index is 1.19. The topological polar surface area (TPSA) is 106 Å². The molecular formula is C38H31F3N6O3S. The Labute approximate surface area is 294 Å². The van der Waals surface area contributed by atoms with Gasteiger partial charge in [0.05, 0.1) is 46.4 Å². The SMILES string of the molecule is COc1c(F)c(F)cc2c1CC[C@H]2Nc1nccc2cc(-c3c4c(nc(CCc5ccc(F)cc5)c3-c3nnc(C)o3)[C@@H]3CCCN3C4=O)sc12. The Bertz CT molecular complexity index is 2380. The number of benzene rings is 2. The summed E-state index contributed by atoms with van der Waals surface area (Å²) in [4.78, 5) is 26.8. The summed E-state index contributed by atoms with van der Waals surface area (Å²) in [6.07, 6.45) is 5.63. The molecule has 0 saturated carbocycles. The number of rotatable bonds is 8. The maximum Gasteiger partial charge on any atom is 0.257 e. The highest BCUT2D eigenvalue weighted by Gasteiger charge is 2.45. The number of thiophene rings is 1. The van der Waals surface area contributed by atoms with E-state index in [4.69, 9.17) is 14.1 Å². The standard InChI is InChI=1S/C38H31F3N6O3S/c1-18-45-46-37(50-18)29-26(11-7-19-5-8-21(39)9-6-19)43-33-27-4-3-15-47(27)38(48)31(33)30(29)28-16-20-13-14-42-36(35(20)51-28)44-25-12-10-22-23(25)17-24(40)32(41)34(22)49-2/h5-6,8-9,13-14,16-17,25,27H,3-4,7,10-12,15H2,1-2H3,(H,42,44)/t25-,27+/m1/s1. The number of carbonyl (C=O) groups excluding carboxylic acids is 1. The van der Waals surface area contributed by atoms with Crippen LogP contribution in [0.25, 0.3) is 32.0 Å². The van der Waals surface area contributed by atoms with Gasteiger partial charge in [-0.05, 0) is 85.4 Å². The van der Waals surface area contributed by atoms with Crippen LogP contribution in [-0.4, -0.2) is 44.6 Å². The molecule has 0 spiro atoms. The van der Waals surface area contributed by atoms with Crippen molar-refractivity contribution < 1.29 is 27.1 Å². The second-order valence-electron chi connectivity index (χ2n) is 13.2. The predicted molar refractivity (Wildman–Crippen MR) is 185 cm³/mol. The minimum atomic E-state index is -0.982. The van der Waals surface area contributed by atoms with Crippen LogP contribution in [0.2, 0.25) is 0 Å². The van der Waals surface area contributed by atoms with Crippen molar-refractivity contribution in [3.63, 3.8) is 0 Å². The second kappa shape index (κ2) is 12.2. The lowest BCUT2D eigenvalue weighted by Gasteiger charge is -2.17. The number of pyridine rings is 2. The molecule has 2 aliphatic heterocycles. The normalized spacial score (nSPS) is 17.7. The molecule has 0 bridgehead atoms. The van der Waals surface area contributed by atoms with Gasteiger partial charge < -0.3 is 19.4 Å². The minimum Gasteiger partial charge on any atom is -0.493 e. The Morgan fingerprint density at radius 3 is 2.67 bits per heavy atom. The lowest BCUT2D eigenvalue weighted by molar-refractivity contribution is 0.0776. The van der Waals surface area contributed by atoms with Crippen LogP contribution in [0.5, 0.6) is 5.75 Å². The van der Waals surface area contributed by atoms with Crippen LogP contribution in [-0.2, 0) is 19.3 Å². The van der Waals surface area contributed by atoms with Crippen molar-refractivity contribution in [2.24, 2.45) is 0 Å². The molecule has 2 aromatic carbocycles. The van der Waals surface area contributed by atoms with Gasteiger partial charge >= 0.3 is 0 Å². The molecule has 1 saturated heterocycles. The number of aryl methyl sites for hydroxylation is 3. The number of nitrogens with one attached hydrogen (secondary N) is 1. The molecule has 3 aliphatic rings. The van der Waals surface area contributed by atoms with Crippen LogP contribution in [0.1, 0.15) is 75.7 Å². The van der Waals surface area contributed by atoms with E-state index in [1.807, 2.05) is 17.0 Å². The third-order valence-electron chi connectivity index (χ3n) is 10.2. The Hall–Kier alpha value is -5.30. The number of halogens is 3. The molecule has 1 amide bonds. The molecule has 1 aliphatic carbocycles. The number of nitrogens with zero attached hydrogens (tertiary/aromatic N) is 5. The van der Waals surface area contributed by atoms with Crippen LogP contribution >= 0.6 is 11.3 Å². The lowest BCUT2D eigenvalue weighted by atomic mass is 9.93. The first kappa shape index (κ1) is 31.7. The number of hydrogen-bond donors (Lipinski definition) is 1. The molecule has 258 valence electrons. The molecule has 1 fully saturated rings. The largest absolute Gasteiger partial charge is 0.493 e. The average molecular weight is 709 g/mol. The van der Waals surface area contributed by atoms with Gasteiger partial charge in [0.15, 0.2) is 11.6 Å². The monoisotopic (exact) mass is 708 g/mol. The highest BCUT2D eigenvalue weighted by Crippen LogP contribution is 2.51. The number of ether oxygens (including phenoxy) is 1. The summed E-state index contributed by atoms with van der Waals surface area (Å²) in [5.74, 6) is -1.13. The summed E-state index contributed by atoms with van der Waals surface area (Å²) in [5.41, 5.74) is 5.54. The molecule has 6 heterocycles. The molecule has 6 aromatic rings. The van der Waals surface area contributed by atoms with Gasteiger partial charge in [0.2, 0.25) is 17.6 Å². The number of carbonyl (C=O) groups is 1. The van der Waals surface area contributed by atoms with E-state index in [-0.39, 0.29) is 35.4 Å². The molecule has 51 heavy (non-hydrogen) atoms. The van der Waals surface area contributed by atoms with Crippen LogP contribution in [0.15, 0.2) is 53.1 Å². The average Bonchev–Trinajstić information content (AvgIpc) is 3.97. The number of methoxy groups -OCH3 is 1. The van der Waals surface area contributed by atoms with E-state index in [0.29, 0.717) is 71.8 Å². The van der Waals surface area contributed by atoms with Crippen molar-refractivity contribution in [3.05, 3.63) is 106 Å². The van der Waals surface area contributed by atoms with Crippen LogP contribution in [0, 0.1) is 24.4 Å². The van der Waals surface area contributed by atoms with Crippen molar-refractivity contribution in [2.45, 2.75) is 57.5 Å². The zero-order chi connectivity index (χ0) is 35.0. The van der Waals surface area contributed by atoms with Crippen LogP contribution < -0.4 is 10.1 Å². The number of anilines is 1. The molecule has 4 aromatic heterocycles. The number of fused-ring (bicyclic) bond motifs is 5. The zero-order valence-corrected chi connectivity index (χ0v) is 28.5. The Morgan fingerprint density at radius 1 is 1.04 bits per heavy atom. The van der Waals surface area contributed by atoms with Crippen LogP contribution in [0.4, 0.5) is 19.0 Å². The summed E-state index contributed by atoms with van der Waals surface area (Å²) in [6.45, 7) is 2.37. The van der Waals surface area contributed by atoms with Crippen molar-refractivity contribution in [3.8, 4) is 27.6 Å². The van der Waals surface area contributed by atoms with Crippen molar-refractivity contribution in [1.82, 2.24) is 25.1 Å². The van der Waals surface area contributed by atoms with E-state index >= 15 is 0 Å². The highest BCUT2D eigenvalue weighted by molar-refractivity contribution is 7.23. The van der Waals surface area contributed by atoms with Gasteiger partial charge in [-0.3, -0.25) is 9.78 Å². The molecule has 0 unspecified atom stereocenters. The molecule has 1 N–H and O–H groups in total. The molecule has 9 nitrogen and oxygen atoms in total. The first-order valence-electron chi connectivity index (χ1n) is 16.9. The molecule has 0 radical (unpaired) electrons. The number of aromatic nitrogens is 4. The fraction of sp³-hybridized carbons (Fsp3) is 0.289. The van der Waals surface area contributed by atoms with Crippen molar-refractivity contribution in [2.75, 3.05) is 19.0 Å². The van der Waals surface area contributed by atoms with E-state index in [0.717, 1.165) is 44.8 Å². The van der Waals surface area contributed by atoms with Crippen LogP contribution in [0.3, 0.4) is 0 Å². The molecule has 9 rings (SSSR count). The third kappa shape index (κ3) is 5.16. The van der Waals surface area contributed by atoms with Gasteiger partial charge in [-0.1, -0.05) is 12.1 Å². The fourth-order valence-corrected chi connectivity index (χ4v) is 9.07. The van der Waals surface area contributed by atoms with E-state index in [1.165, 1.54) is 36.6 Å². The summed E-state index contributed by atoms with van der Waals surface area (Å²) in [7, 11) is 1.34. The van der Waals surface area contributed by atoms with E-state index in [1.54, 1.807) is 25.3 Å². The van der Waals surface area contributed by atoms with E-state index < -0.39 is 11.6 Å².